The van der Waals surface area contributed by atoms with E-state index in [0.717, 1.165) is 48.2 Å². The molecule has 0 aromatic heterocycles. The molecule has 140 valence electrons. The Morgan fingerprint density at radius 2 is 2.12 bits per heavy atom. The van der Waals surface area contributed by atoms with Crippen LogP contribution >= 0.6 is 22.6 Å². The fraction of sp³-hybridized carbons (Fsp3) is 0.632. The van der Waals surface area contributed by atoms with Crippen LogP contribution in [0.25, 0.3) is 0 Å². The highest BCUT2D eigenvalue weighted by atomic mass is 127. The number of hydrogen-bond donors (Lipinski definition) is 1. The van der Waals surface area contributed by atoms with E-state index in [1.54, 1.807) is 0 Å². The van der Waals surface area contributed by atoms with Crippen molar-refractivity contribution in [3.8, 4) is 5.75 Å². The summed E-state index contributed by atoms with van der Waals surface area (Å²) in [6.07, 6.45) is 2.76. The van der Waals surface area contributed by atoms with Crippen LogP contribution in [0, 0.1) is 3.57 Å². The van der Waals surface area contributed by atoms with Crippen LogP contribution in [0.3, 0.4) is 0 Å². The third-order valence-electron chi connectivity index (χ3n) is 3.94. The molecular weight excluding hydrogens is 431 g/mol. The molecule has 1 aromatic rings. The van der Waals surface area contributed by atoms with Crippen LogP contribution in [0.1, 0.15) is 40.0 Å². The van der Waals surface area contributed by atoms with Gasteiger partial charge in [-0.2, -0.15) is 0 Å². The SMILES string of the molecule is CC(C)(C)OC(=O)N[C@H]1CCCN(CCCOc2ccccc2I)C1. The van der Waals surface area contributed by atoms with E-state index >= 15 is 0 Å². The monoisotopic (exact) mass is 460 g/mol. The highest BCUT2D eigenvalue weighted by Gasteiger charge is 2.23. The summed E-state index contributed by atoms with van der Waals surface area (Å²) >= 11 is 2.29. The second-order valence-electron chi connectivity index (χ2n) is 7.42. The Morgan fingerprint density at radius 3 is 2.84 bits per heavy atom. The first-order chi connectivity index (χ1) is 11.8. The Kier molecular flexibility index (Phi) is 7.81. The summed E-state index contributed by atoms with van der Waals surface area (Å²) in [7, 11) is 0. The molecular formula is C19H29IN2O3. The van der Waals surface area contributed by atoms with Gasteiger partial charge < -0.3 is 19.7 Å². The molecule has 2 rings (SSSR count). The lowest BCUT2D eigenvalue weighted by Crippen LogP contribution is -2.49. The molecule has 5 nitrogen and oxygen atoms in total. The fourth-order valence-electron chi connectivity index (χ4n) is 2.88. The second-order valence-corrected chi connectivity index (χ2v) is 8.58. The van der Waals surface area contributed by atoms with Gasteiger partial charge in [0.25, 0.3) is 0 Å². The van der Waals surface area contributed by atoms with Gasteiger partial charge in [-0.1, -0.05) is 12.1 Å². The van der Waals surface area contributed by atoms with E-state index in [9.17, 15) is 4.79 Å². The molecule has 1 saturated heterocycles. The smallest absolute Gasteiger partial charge is 0.407 e. The average Bonchev–Trinajstić information content (AvgIpc) is 2.51. The van der Waals surface area contributed by atoms with Crippen LogP contribution in [-0.2, 0) is 4.74 Å². The Labute approximate surface area is 164 Å². The number of para-hydroxylation sites is 1. The lowest BCUT2D eigenvalue weighted by atomic mass is 10.1. The first kappa shape index (κ1) is 20.3. The maximum atomic E-state index is 11.9. The van der Waals surface area contributed by atoms with Crippen LogP contribution in [0.5, 0.6) is 5.75 Å². The summed E-state index contributed by atoms with van der Waals surface area (Å²) in [5, 5.41) is 2.99. The third-order valence-corrected chi connectivity index (χ3v) is 4.83. The molecule has 1 heterocycles. The van der Waals surface area contributed by atoms with E-state index in [0.29, 0.717) is 6.61 Å². The van der Waals surface area contributed by atoms with Gasteiger partial charge in [0.15, 0.2) is 0 Å². The van der Waals surface area contributed by atoms with E-state index in [2.05, 4.69) is 32.8 Å². The van der Waals surface area contributed by atoms with Crippen LogP contribution in [0.2, 0.25) is 0 Å². The van der Waals surface area contributed by atoms with Crippen molar-refractivity contribution >= 4 is 28.7 Å². The van der Waals surface area contributed by atoms with Crippen molar-refractivity contribution < 1.29 is 14.3 Å². The van der Waals surface area contributed by atoms with Crippen LogP contribution in [-0.4, -0.2) is 48.9 Å². The van der Waals surface area contributed by atoms with Crippen molar-refractivity contribution in [2.45, 2.75) is 51.7 Å². The Balaban J connectivity index is 1.67. The van der Waals surface area contributed by atoms with Gasteiger partial charge in [0.2, 0.25) is 0 Å². The van der Waals surface area contributed by atoms with Crippen molar-refractivity contribution in [3.05, 3.63) is 27.8 Å². The summed E-state index contributed by atoms with van der Waals surface area (Å²) in [5.41, 5.74) is -0.454. The standard InChI is InChI=1S/C19H29IN2O3/c1-19(2,3)25-18(23)21-15-8-6-11-22(14-15)12-7-13-24-17-10-5-4-9-16(17)20/h4-5,9-10,15H,6-8,11-14H2,1-3H3,(H,21,23)/t15-/m0/s1. The van der Waals surface area contributed by atoms with Gasteiger partial charge in [0, 0.05) is 19.1 Å². The van der Waals surface area contributed by atoms with Crippen molar-refractivity contribution in [3.63, 3.8) is 0 Å². The fourth-order valence-corrected chi connectivity index (χ4v) is 3.43. The first-order valence-electron chi connectivity index (χ1n) is 8.93. The number of alkyl carbamates (subject to hydrolysis) is 1. The molecule has 1 atom stereocenters. The topological polar surface area (TPSA) is 50.8 Å². The van der Waals surface area contributed by atoms with Crippen LogP contribution in [0.15, 0.2) is 24.3 Å². The molecule has 0 bridgehead atoms. The summed E-state index contributed by atoms with van der Waals surface area (Å²) in [4.78, 5) is 14.3. The number of amides is 1. The minimum atomic E-state index is -0.454. The zero-order chi connectivity index (χ0) is 18.3. The van der Waals surface area contributed by atoms with Gasteiger partial charge in [0.1, 0.15) is 11.4 Å². The number of carbonyl (C=O) groups excluding carboxylic acids is 1. The van der Waals surface area contributed by atoms with Gasteiger partial charge in [-0.25, -0.2) is 4.79 Å². The van der Waals surface area contributed by atoms with Gasteiger partial charge >= 0.3 is 6.09 Å². The Morgan fingerprint density at radius 1 is 1.36 bits per heavy atom. The number of likely N-dealkylation sites (tertiary alicyclic amines) is 1. The van der Waals surface area contributed by atoms with Gasteiger partial charge in [-0.15, -0.1) is 0 Å². The minimum Gasteiger partial charge on any atom is -0.492 e. The quantitative estimate of drug-likeness (QED) is 0.514. The van der Waals surface area contributed by atoms with E-state index in [-0.39, 0.29) is 12.1 Å². The molecule has 6 heteroatoms. The number of ether oxygens (including phenoxy) is 2. The second kappa shape index (κ2) is 9.62. The minimum absolute atomic E-state index is 0.166. The number of nitrogens with zero attached hydrogens (tertiary/aromatic N) is 1. The molecule has 1 amide bonds. The molecule has 0 aliphatic carbocycles. The zero-order valence-corrected chi connectivity index (χ0v) is 17.5. The number of halogens is 1. The summed E-state index contributed by atoms with van der Waals surface area (Å²) in [6.45, 7) is 9.29. The average molecular weight is 460 g/mol. The molecule has 0 unspecified atom stereocenters. The lowest BCUT2D eigenvalue weighted by molar-refractivity contribution is 0.0471. The van der Waals surface area contributed by atoms with Crippen LogP contribution in [0.4, 0.5) is 4.79 Å². The predicted molar refractivity (Wildman–Crippen MR) is 108 cm³/mol. The molecule has 1 fully saturated rings. The Bertz CT molecular complexity index is 560. The summed E-state index contributed by atoms with van der Waals surface area (Å²) in [6, 6.07) is 8.23. The molecule has 1 aliphatic heterocycles. The highest BCUT2D eigenvalue weighted by molar-refractivity contribution is 14.1. The van der Waals surface area contributed by atoms with E-state index in [4.69, 9.17) is 9.47 Å². The number of benzene rings is 1. The van der Waals surface area contributed by atoms with Crippen molar-refractivity contribution in [1.29, 1.82) is 0 Å². The molecule has 0 spiro atoms. The predicted octanol–water partition coefficient (Wildman–Crippen LogP) is 4.05. The maximum Gasteiger partial charge on any atom is 0.407 e. The summed E-state index contributed by atoms with van der Waals surface area (Å²) in [5.74, 6) is 0.950. The van der Waals surface area contributed by atoms with E-state index < -0.39 is 5.60 Å². The number of rotatable bonds is 6. The molecule has 1 aliphatic rings. The molecule has 0 radical (unpaired) electrons. The Hall–Kier alpha value is -1.02. The first-order valence-corrected chi connectivity index (χ1v) is 10.0. The normalized spacial score (nSPS) is 18.6. The van der Waals surface area contributed by atoms with E-state index in [1.165, 1.54) is 0 Å². The van der Waals surface area contributed by atoms with Crippen molar-refractivity contribution in [1.82, 2.24) is 10.2 Å². The van der Waals surface area contributed by atoms with Crippen molar-refractivity contribution in [2.24, 2.45) is 0 Å². The zero-order valence-electron chi connectivity index (χ0n) is 15.4. The molecule has 25 heavy (non-hydrogen) atoms. The van der Waals surface area contributed by atoms with Gasteiger partial charge in [0.05, 0.1) is 10.2 Å². The number of nitrogens with one attached hydrogen (secondary N) is 1. The third kappa shape index (κ3) is 7.81. The number of piperidine rings is 1. The highest BCUT2D eigenvalue weighted by Crippen LogP contribution is 2.20. The number of hydrogen-bond acceptors (Lipinski definition) is 4. The van der Waals surface area contributed by atoms with Crippen LogP contribution < -0.4 is 10.1 Å². The van der Waals surface area contributed by atoms with Gasteiger partial charge in [-0.05, 0) is 81.3 Å². The summed E-state index contributed by atoms with van der Waals surface area (Å²) < 4.78 is 12.3. The maximum absolute atomic E-state index is 11.9. The molecule has 1 N–H and O–H groups in total. The lowest BCUT2D eigenvalue weighted by Gasteiger charge is -2.33. The van der Waals surface area contributed by atoms with E-state index in [1.807, 2.05) is 45.0 Å². The molecule has 0 saturated carbocycles. The van der Waals surface area contributed by atoms with Gasteiger partial charge in [-0.3, -0.25) is 0 Å². The number of carbonyl (C=O) groups is 1. The van der Waals surface area contributed by atoms with Crippen molar-refractivity contribution in [2.75, 3.05) is 26.2 Å². The molecule has 1 aromatic carbocycles. The largest absolute Gasteiger partial charge is 0.492 e.